The van der Waals surface area contributed by atoms with Gasteiger partial charge >= 0.3 is 5.97 Å². The number of phenolic OH excluding ortho intramolecular Hbond substituents is 1. The van der Waals surface area contributed by atoms with Gasteiger partial charge in [0.1, 0.15) is 5.75 Å². The van der Waals surface area contributed by atoms with Gasteiger partial charge in [0.15, 0.2) is 21.9 Å². The fourth-order valence-electron chi connectivity index (χ4n) is 3.29. The number of fused-ring (bicyclic) bond motifs is 1. The molecule has 0 bridgehead atoms. The minimum absolute atomic E-state index is 0.0201. The van der Waals surface area contributed by atoms with Gasteiger partial charge in [-0.3, -0.25) is 9.36 Å². The van der Waals surface area contributed by atoms with Crippen LogP contribution in [0.25, 0.3) is 16.9 Å². The molecule has 2 heterocycles. The first-order valence-corrected chi connectivity index (χ1v) is 9.43. The number of benzene rings is 2. The summed E-state index contributed by atoms with van der Waals surface area (Å²) in [5.41, 5.74) is 1.69. The van der Waals surface area contributed by atoms with E-state index < -0.39 is 11.8 Å². The molecule has 0 unspecified atom stereocenters. The molecule has 0 atom stereocenters. The second-order valence-corrected chi connectivity index (χ2v) is 6.94. The Morgan fingerprint density at radius 1 is 1.03 bits per heavy atom. The Morgan fingerprint density at radius 2 is 1.70 bits per heavy atom. The quantitative estimate of drug-likeness (QED) is 0.307. The fraction of sp³-hybridized carbons (Fsp3) is 0.0909. The van der Waals surface area contributed by atoms with Crippen LogP contribution in [-0.4, -0.2) is 38.1 Å². The van der Waals surface area contributed by atoms with E-state index >= 15 is 0 Å². The largest absolute Gasteiger partial charge is 0.507 e. The molecule has 0 spiro atoms. The number of pyridine rings is 1. The Labute approximate surface area is 176 Å². The van der Waals surface area contributed by atoms with Gasteiger partial charge in [-0.25, -0.2) is 9.78 Å². The highest BCUT2D eigenvalue weighted by Gasteiger charge is 2.26. The number of carbonyl (C=O) groups excluding carboxylic acids is 2. The lowest BCUT2D eigenvalue weighted by molar-refractivity contribution is 0.0591. The molecule has 1 N–H and O–H groups in total. The lowest BCUT2D eigenvalue weighted by atomic mass is 10.0. The van der Waals surface area contributed by atoms with Crippen LogP contribution in [0.3, 0.4) is 0 Å². The summed E-state index contributed by atoms with van der Waals surface area (Å²) in [4.78, 5) is 30.2. The maximum atomic E-state index is 13.2. The van der Waals surface area contributed by atoms with Crippen molar-refractivity contribution >= 4 is 35.1 Å². The molecule has 7 nitrogen and oxygen atoms in total. The molecular formula is C22H17N3O4S. The highest BCUT2D eigenvalue weighted by Crippen LogP contribution is 2.27. The van der Waals surface area contributed by atoms with Crippen molar-refractivity contribution in [2.45, 2.75) is 0 Å². The number of aromatic nitrogens is 3. The van der Waals surface area contributed by atoms with Crippen molar-refractivity contribution in [3.05, 3.63) is 82.3 Å². The second-order valence-electron chi connectivity index (χ2n) is 6.58. The second kappa shape index (κ2) is 7.57. The van der Waals surface area contributed by atoms with E-state index in [0.29, 0.717) is 15.9 Å². The van der Waals surface area contributed by atoms with E-state index in [1.54, 1.807) is 34.4 Å². The van der Waals surface area contributed by atoms with Crippen LogP contribution in [0.2, 0.25) is 0 Å². The van der Waals surface area contributed by atoms with Gasteiger partial charge in [0.25, 0.3) is 0 Å². The number of methoxy groups -OCH3 is 1. The van der Waals surface area contributed by atoms with Crippen molar-refractivity contribution in [2.75, 3.05) is 7.11 Å². The van der Waals surface area contributed by atoms with Crippen LogP contribution >= 0.6 is 12.2 Å². The standard InChI is InChI=1S/C22H17N3O4S/c1-24-16-12-15(19(27)14-10-6-7-11-17(14)26)18(21(28)29-2)23-20(16)25(22(24)30)13-8-4-3-5-9-13/h3-12,26H,1-2H3. The van der Waals surface area contributed by atoms with Crippen molar-refractivity contribution < 1.29 is 19.4 Å². The van der Waals surface area contributed by atoms with Crippen molar-refractivity contribution in [3.8, 4) is 11.4 Å². The molecule has 150 valence electrons. The number of phenols is 1. The number of ketones is 1. The number of aromatic hydroxyl groups is 1. The zero-order valence-electron chi connectivity index (χ0n) is 16.2. The van der Waals surface area contributed by atoms with Crippen LogP contribution < -0.4 is 0 Å². The molecule has 4 aromatic rings. The van der Waals surface area contributed by atoms with E-state index in [-0.39, 0.29) is 22.6 Å². The highest BCUT2D eigenvalue weighted by atomic mass is 32.1. The zero-order valence-corrected chi connectivity index (χ0v) is 17.0. The predicted molar refractivity (Wildman–Crippen MR) is 114 cm³/mol. The number of imidazole rings is 1. The van der Waals surface area contributed by atoms with Gasteiger partial charge in [0.05, 0.1) is 23.8 Å². The van der Waals surface area contributed by atoms with Crippen LogP contribution in [0.4, 0.5) is 0 Å². The Balaban J connectivity index is 2.04. The molecule has 4 rings (SSSR count). The number of nitrogens with zero attached hydrogens (tertiary/aromatic N) is 3. The average molecular weight is 419 g/mol. The summed E-state index contributed by atoms with van der Waals surface area (Å²) in [5.74, 6) is -1.49. The smallest absolute Gasteiger partial charge is 0.357 e. The van der Waals surface area contributed by atoms with Gasteiger partial charge in [-0.2, -0.15) is 0 Å². The van der Waals surface area contributed by atoms with Crippen LogP contribution in [-0.2, 0) is 11.8 Å². The van der Waals surface area contributed by atoms with Gasteiger partial charge in [0, 0.05) is 12.7 Å². The number of hydrogen-bond acceptors (Lipinski definition) is 6. The lowest BCUT2D eigenvalue weighted by Gasteiger charge is -2.10. The number of carbonyl (C=O) groups is 2. The van der Waals surface area contributed by atoms with Gasteiger partial charge < -0.3 is 14.4 Å². The first-order valence-electron chi connectivity index (χ1n) is 9.03. The van der Waals surface area contributed by atoms with E-state index in [2.05, 4.69) is 4.98 Å². The van der Waals surface area contributed by atoms with Crippen molar-refractivity contribution in [3.63, 3.8) is 0 Å². The SMILES string of the molecule is COC(=O)c1nc2c(cc1C(=O)c1ccccc1O)n(C)c(=S)n2-c1ccccc1. The third-order valence-corrected chi connectivity index (χ3v) is 5.28. The van der Waals surface area contributed by atoms with Crippen LogP contribution in [0.5, 0.6) is 5.75 Å². The molecule has 0 aliphatic heterocycles. The molecule has 0 radical (unpaired) electrons. The highest BCUT2D eigenvalue weighted by molar-refractivity contribution is 7.71. The predicted octanol–water partition coefficient (Wildman–Crippen LogP) is 3.82. The first kappa shape index (κ1) is 19.5. The summed E-state index contributed by atoms with van der Waals surface area (Å²) in [6.45, 7) is 0. The average Bonchev–Trinajstić information content (AvgIpc) is 3.02. The van der Waals surface area contributed by atoms with E-state index in [0.717, 1.165) is 5.69 Å². The first-order chi connectivity index (χ1) is 14.4. The molecular weight excluding hydrogens is 402 g/mol. The van der Waals surface area contributed by atoms with Gasteiger partial charge in [-0.05, 0) is 42.5 Å². The fourth-order valence-corrected chi connectivity index (χ4v) is 3.58. The topological polar surface area (TPSA) is 86.3 Å². The van der Waals surface area contributed by atoms with Gasteiger partial charge in [0.2, 0.25) is 0 Å². The third-order valence-electron chi connectivity index (χ3n) is 4.82. The Bertz CT molecular complexity index is 1360. The van der Waals surface area contributed by atoms with Crippen LogP contribution in [0, 0.1) is 4.77 Å². The van der Waals surface area contributed by atoms with Crippen LogP contribution in [0.15, 0.2) is 60.7 Å². The summed E-state index contributed by atoms with van der Waals surface area (Å²) < 4.78 is 8.76. The number of ether oxygens (including phenoxy) is 1. The number of para-hydroxylation sites is 2. The minimum Gasteiger partial charge on any atom is -0.507 e. The summed E-state index contributed by atoms with van der Waals surface area (Å²) in [5, 5.41) is 10.1. The van der Waals surface area contributed by atoms with E-state index in [9.17, 15) is 14.7 Å². The van der Waals surface area contributed by atoms with Crippen molar-refractivity contribution in [1.82, 2.24) is 14.1 Å². The molecule has 30 heavy (non-hydrogen) atoms. The maximum Gasteiger partial charge on any atom is 0.357 e. The number of rotatable bonds is 4. The van der Waals surface area contributed by atoms with E-state index in [1.165, 1.54) is 19.2 Å². The molecule has 2 aromatic heterocycles. The number of esters is 1. The van der Waals surface area contributed by atoms with E-state index in [1.807, 2.05) is 30.3 Å². The van der Waals surface area contributed by atoms with E-state index in [4.69, 9.17) is 17.0 Å². The van der Waals surface area contributed by atoms with Gasteiger partial charge in [-0.1, -0.05) is 30.3 Å². The molecule has 0 saturated carbocycles. The Kier molecular flexibility index (Phi) is 4.93. The molecule has 0 fully saturated rings. The van der Waals surface area contributed by atoms with Crippen LogP contribution in [0.1, 0.15) is 26.4 Å². The molecule has 2 aromatic carbocycles. The minimum atomic E-state index is -0.759. The lowest BCUT2D eigenvalue weighted by Crippen LogP contribution is -2.14. The number of hydrogen-bond donors (Lipinski definition) is 1. The molecule has 0 aliphatic carbocycles. The molecule has 0 amide bonds. The molecule has 0 aliphatic rings. The monoisotopic (exact) mass is 419 g/mol. The molecule has 0 saturated heterocycles. The van der Waals surface area contributed by atoms with Crippen molar-refractivity contribution in [2.24, 2.45) is 7.05 Å². The summed E-state index contributed by atoms with van der Waals surface area (Å²) >= 11 is 5.58. The molecule has 8 heteroatoms. The normalized spacial score (nSPS) is 10.9. The zero-order chi connectivity index (χ0) is 21.4. The van der Waals surface area contributed by atoms with Crippen molar-refractivity contribution in [1.29, 1.82) is 0 Å². The summed E-state index contributed by atoms with van der Waals surface area (Å²) in [6.07, 6.45) is 0. The maximum absolute atomic E-state index is 13.2. The number of aryl methyl sites for hydroxylation is 1. The Morgan fingerprint density at radius 3 is 2.37 bits per heavy atom. The Hall–Kier alpha value is -3.78. The summed E-state index contributed by atoms with van der Waals surface area (Å²) in [7, 11) is 2.98. The summed E-state index contributed by atoms with van der Waals surface area (Å²) in [6, 6.07) is 17.0. The third kappa shape index (κ3) is 3.07. The van der Waals surface area contributed by atoms with Gasteiger partial charge in [-0.15, -0.1) is 0 Å².